The molecule has 0 saturated heterocycles. The van der Waals surface area contributed by atoms with Gasteiger partial charge in [-0.15, -0.1) is 0 Å². The van der Waals surface area contributed by atoms with E-state index in [1.807, 2.05) is 18.2 Å². The molecule has 1 atom stereocenters. The number of fused-ring (bicyclic) bond motifs is 1. The van der Waals surface area contributed by atoms with E-state index in [1.165, 1.54) is 37.8 Å². The van der Waals surface area contributed by atoms with Crippen LogP contribution in [0, 0.1) is 6.92 Å². The zero-order valence-electron chi connectivity index (χ0n) is 23.3. The van der Waals surface area contributed by atoms with Gasteiger partial charge in [0, 0.05) is 12.0 Å². The Morgan fingerprint density at radius 2 is 1.90 bits per heavy atom. The van der Waals surface area contributed by atoms with Crippen molar-refractivity contribution in [2.75, 3.05) is 7.11 Å². The highest BCUT2D eigenvalue weighted by molar-refractivity contribution is 5.75. The maximum absolute atomic E-state index is 14.1. The number of hydrogen-bond donors (Lipinski definition) is 2. The molecule has 1 fully saturated rings. The molecule has 0 bridgehead atoms. The largest absolute Gasteiger partial charge is 0.496 e. The summed E-state index contributed by atoms with van der Waals surface area (Å²) >= 11 is 0. The van der Waals surface area contributed by atoms with Crippen LogP contribution in [0.2, 0.25) is 0 Å². The van der Waals surface area contributed by atoms with Crippen LogP contribution in [0.25, 0.3) is 17.4 Å². The van der Waals surface area contributed by atoms with Crippen molar-refractivity contribution in [2.45, 2.75) is 76.7 Å². The number of carboxylic acids is 1. The monoisotopic (exact) mass is 567 g/mol. The number of aryl methyl sites for hydroxylation is 1. The number of para-hydroxylation sites is 1. The third-order valence-corrected chi connectivity index (χ3v) is 7.75. The molecule has 2 N–H and O–H groups in total. The van der Waals surface area contributed by atoms with Crippen molar-refractivity contribution in [3.05, 3.63) is 74.4 Å². The van der Waals surface area contributed by atoms with Crippen molar-refractivity contribution < 1.29 is 33.3 Å². The fraction of sp³-hybridized carbons (Fsp3) is 0.448. The van der Waals surface area contributed by atoms with E-state index in [-0.39, 0.29) is 41.6 Å². The first-order chi connectivity index (χ1) is 19.5. The number of rotatable bonds is 9. The number of nitrogens with zero attached hydrogens (tertiary/aromatic N) is 3. The van der Waals surface area contributed by atoms with Crippen LogP contribution in [-0.4, -0.2) is 49.5 Å². The van der Waals surface area contributed by atoms with Gasteiger partial charge >= 0.3 is 11.7 Å². The first-order valence-corrected chi connectivity index (χ1v) is 13.4. The van der Waals surface area contributed by atoms with Crippen LogP contribution in [-0.2, 0) is 21.5 Å². The number of methoxy groups -OCH3 is 1. The normalized spacial score (nSPS) is 18.5. The second kappa shape index (κ2) is 11.0. The average Bonchev–Trinajstić information content (AvgIpc) is 3.59. The fourth-order valence-electron chi connectivity index (χ4n) is 5.37. The summed E-state index contributed by atoms with van der Waals surface area (Å²) in [4.78, 5) is 44.2. The van der Waals surface area contributed by atoms with Crippen molar-refractivity contribution >= 4 is 11.7 Å². The molecule has 0 unspecified atom stereocenters. The topological polar surface area (TPSA) is 159 Å². The maximum Gasteiger partial charge on any atom is 0.339 e. The number of carboxylic acid groups (broad SMARTS) is 1. The molecule has 1 saturated carbocycles. The first kappa shape index (κ1) is 28.4. The molecule has 1 aliphatic carbocycles. The Kier molecular flexibility index (Phi) is 7.62. The van der Waals surface area contributed by atoms with Crippen LogP contribution in [0.1, 0.15) is 62.5 Å². The summed E-state index contributed by atoms with van der Waals surface area (Å²) in [5, 5.41) is 20.0. The Labute approximate surface area is 234 Å². The predicted octanol–water partition coefficient (Wildman–Crippen LogP) is 3.45. The van der Waals surface area contributed by atoms with E-state index < -0.39 is 28.9 Å². The van der Waals surface area contributed by atoms with E-state index in [4.69, 9.17) is 18.3 Å². The Bertz CT molecular complexity index is 1670. The molecule has 1 aromatic carbocycles. The minimum atomic E-state index is -1.88. The highest BCUT2D eigenvalue weighted by atomic mass is 16.5. The van der Waals surface area contributed by atoms with Gasteiger partial charge in [-0.25, -0.2) is 23.5 Å². The minimum absolute atomic E-state index is 0.0478. The first-order valence-electron chi connectivity index (χ1n) is 13.4. The van der Waals surface area contributed by atoms with Crippen LogP contribution in [0.15, 0.2) is 55.1 Å². The molecule has 0 amide bonds. The van der Waals surface area contributed by atoms with Gasteiger partial charge in [0.05, 0.1) is 42.9 Å². The molecule has 12 heteroatoms. The molecule has 5 rings (SSSR count). The van der Waals surface area contributed by atoms with Crippen LogP contribution >= 0.6 is 0 Å². The van der Waals surface area contributed by atoms with E-state index in [2.05, 4.69) is 4.98 Å². The number of aromatic nitrogens is 3. The van der Waals surface area contributed by atoms with Gasteiger partial charge in [0.2, 0.25) is 11.5 Å². The van der Waals surface area contributed by atoms with Gasteiger partial charge in [-0.2, -0.15) is 0 Å². The Morgan fingerprint density at radius 3 is 2.54 bits per heavy atom. The maximum atomic E-state index is 14.1. The quantitative estimate of drug-likeness (QED) is 0.307. The molecule has 218 valence electrons. The Hall–Kier alpha value is -4.16. The molecular formula is C29H33N3O9. The van der Waals surface area contributed by atoms with Gasteiger partial charge in [-0.3, -0.25) is 4.79 Å². The van der Waals surface area contributed by atoms with Crippen molar-refractivity contribution in [2.24, 2.45) is 0 Å². The summed E-state index contributed by atoms with van der Waals surface area (Å²) < 4.78 is 25.6. The predicted molar refractivity (Wildman–Crippen MR) is 146 cm³/mol. The van der Waals surface area contributed by atoms with Gasteiger partial charge in [0.25, 0.3) is 11.4 Å². The summed E-state index contributed by atoms with van der Waals surface area (Å²) in [7, 11) is 1.54. The van der Waals surface area contributed by atoms with Crippen molar-refractivity contribution in [1.29, 1.82) is 0 Å². The third-order valence-electron chi connectivity index (χ3n) is 7.75. The number of oxazole rings is 2. The molecule has 0 spiro atoms. The molecule has 4 aromatic rings. The number of carbonyl (C=O) groups is 1. The summed E-state index contributed by atoms with van der Waals surface area (Å²) in [6.07, 6.45) is 3.83. The molecule has 41 heavy (non-hydrogen) atoms. The van der Waals surface area contributed by atoms with Crippen LogP contribution < -0.4 is 16.0 Å². The van der Waals surface area contributed by atoms with Crippen molar-refractivity contribution in [1.82, 2.24) is 14.0 Å². The minimum Gasteiger partial charge on any atom is -0.496 e. The number of aliphatic hydroxyl groups excluding tert-OH is 1. The molecular weight excluding hydrogens is 534 g/mol. The zero-order chi connectivity index (χ0) is 29.5. The number of aliphatic hydroxyl groups is 1. The fourth-order valence-corrected chi connectivity index (χ4v) is 5.37. The molecule has 0 aliphatic heterocycles. The van der Waals surface area contributed by atoms with Crippen LogP contribution in [0.5, 0.6) is 5.75 Å². The lowest BCUT2D eigenvalue weighted by Gasteiger charge is -2.30. The SMILES string of the molecule is COc1ccccc1[C@H](Cc1c(=O)n(C(C)(C)C(=O)O)c(=O)n2c(C)c(-c3ncco3)oc12)OC1CCC(O)CC1. The second-order valence-corrected chi connectivity index (χ2v) is 10.8. The Morgan fingerprint density at radius 1 is 1.20 bits per heavy atom. The van der Waals surface area contributed by atoms with Crippen LogP contribution in [0.4, 0.5) is 0 Å². The number of hydrogen-bond acceptors (Lipinski definition) is 9. The van der Waals surface area contributed by atoms with Gasteiger partial charge in [0.15, 0.2) is 0 Å². The molecule has 1 aliphatic rings. The molecule has 12 nitrogen and oxygen atoms in total. The summed E-state index contributed by atoms with van der Waals surface area (Å²) in [6.45, 7) is 4.19. The summed E-state index contributed by atoms with van der Waals surface area (Å²) in [5.41, 5.74) is -2.59. The standard InChI is InChI=1S/C29H33N3O9/c1-16-23(24-30-13-14-39-24)41-26-20(25(34)32(28(37)31(16)26)29(2,3)27(35)36)15-22(19-7-5-6-8-21(19)38-4)40-18-11-9-17(33)10-12-18/h5-8,13-14,17-18,22,33H,9-12,15H2,1-4H3,(H,35,36)/t17?,18?,22-/m0/s1. The molecule has 3 aromatic heterocycles. The third kappa shape index (κ3) is 5.08. The van der Waals surface area contributed by atoms with Crippen molar-refractivity contribution in [3.8, 4) is 17.4 Å². The highest BCUT2D eigenvalue weighted by Crippen LogP contribution is 2.35. The van der Waals surface area contributed by atoms with Gasteiger partial charge in [0.1, 0.15) is 17.6 Å². The second-order valence-electron chi connectivity index (χ2n) is 10.8. The van der Waals surface area contributed by atoms with Gasteiger partial charge in [-0.05, 0) is 52.5 Å². The van der Waals surface area contributed by atoms with E-state index in [0.29, 0.717) is 42.7 Å². The number of benzene rings is 1. The van der Waals surface area contributed by atoms with E-state index >= 15 is 0 Å². The number of ether oxygens (including phenoxy) is 2. The van der Waals surface area contributed by atoms with Gasteiger partial charge < -0.3 is 28.5 Å². The van der Waals surface area contributed by atoms with Crippen molar-refractivity contribution in [3.63, 3.8) is 0 Å². The summed E-state index contributed by atoms with van der Waals surface area (Å²) in [5.74, 6) is -0.573. The van der Waals surface area contributed by atoms with Gasteiger partial charge in [-0.1, -0.05) is 18.2 Å². The lowest BCUT2D eigenvalue weighted by atomic mass is 9.94. The molecule has 0 radical (unpaired) electrons. The molecule has 3 heterocycles. The highest BCUT2D eigenvalue weighted by Gasteiger charge is 2.37. The smallest absolute Gasteiger partial charge is 0.339 e. The zero-order valence-corrected chi connectivity index (χ0v) is 23.3. The van der Waals surface area contributed by atoms with E-state index in [9.17, 15) is 24.6 Å². The average molecular weight is 568 g/mol. The lowest BCUT2D eigenvalue weighted by Crippen LogP contribution is -2.52. The van der Waals surface area contributed by atoms with E-state index in [0.717, 1.165) is 4.57 Å². The van der Waals surface area contributed by atoms with Crippen LogP contribution in [0.3, 0.4) is 0 Å². The number of aliphatic carboxylic acids is 1. The lowest BCUT2D eigenvalue weighted by molar-refractivity contribution is -0.146. The Balaban J connectivity index is 1.74. The van der Waals surface area contributed by atoms with E-state index in [1.54, 1.807) is 13.0 Å². The summed E-state index contributed by atoms with van der Waals surface area (Å²) in [6, 6.07) is 7.26.